The molecule has 2 amide bonds. The summed E-state index contributed by atoms with van der Waals surface area (Å²) in [4.78, 5) is 35.8. The molecule has 10 nitrogen and oxygen atoms in total. The van der Waals surface area contributed by atoms with Crippen molar-refractivity contribution in [3.05, 3.63) is 22.7 Å². The number of nitrogens with zero attached hydrogens (tertiary/aromatic N) is 1. The van der Waals surface area contributed by atoms with Gasteiger partial charge in [0.15, 0.2) is 0 Å². The first kappa shape index (κ1) is 22.9. The fourth-order valence-electron chi connectivity index (χ4n) is 1.81. The van der Waals surface area contributed by atoms with Crippen LogP contribution >= 0.6 is 15.9 Å². The van der Waals surface area contributed by atoms with Gasteiger partial charge < -0.3 is 15.2 Å². The van der Waals surface area contributed by atoms with Crippen molar-refractivity contribution in [2.75, 3.05) is 18.4 Å². The molecule has 1 rings (SSSR count). The number of sulfonamides is 1. The lowest BCUT2D eigenvalue weighted by molar-refractivity contribution is -0.138. The smallest absolute Gasteiger partial charge is 0.411 e. The number of carboxylic acid groups (broad SMARTS) is 1. The van der Waals surface area contributed by atoms with E-state index >= 15 is 0 Å². The first-order valence-corrected chi connectivity index (χ1v) is 9.85. The predicted octanol–water partition coefficient (Wildman–Crippen LogP) is 1.36. The van der Waals surface area contributed by atoms with Gasteiger partial charge in [0.2, 0.25) is 15.9 Å². The highest BCUT2D eigenvalue weighted by atomic mass is 79.9. The Labute approximate surface area is 164 Å². The Morgan fingerprint density at radius 3 is 2.30 bits per heavy atom. The molecule has 0 atom stereocenters. The molecule has 0 unspecified atom stereocenters. The van der Waals surface area contributed by atoms with E-state index in [-0.39, 0.29) is 15.1 Å². The highest BCUT2D eigenvalue weighted by Gasteiger charge is 2.26. The molecule has 0 aliphatic heterocycles. The highest BCUT2D eigenvalue weighted by Crippen LogP contribution is 2.25. The number of hydrogen-bond donors (Lipinski definition) is 3. The van der Waals surface area contributed by atoms with Gasteiger partial charge in [-0.25, -0.2) is 18.4 Å². The van der Waals surface area contributed by atoms with Crippen molar-refractivity contribution >= 4 is 49.6 Å². The predicted molar refractivity (Wildman–Crippen MR) is 99.6 cm³/mol. The number of carbonyl (C=O) groups excluding carboxylic acids is 2. The molecule has 0 aliphatic carbocycles. The van der Waals surface area contributed by atoms with Gasteiger partial charge in [0.05, 0.1) is 10.6 Å². The largest absolute Gasteiger partial charge is 0.480 e. The molecule has 1 aromatic rings. The molecular formula is C15H20BrN3O7S. The Kier molecular flexibility index (Phi) is 7.34. The molecule has 0 heterocycles. The van der Waals surface area contributed by atoms with E-state index < -0.39 is 46.7 Å². The molecule has 0 bridgehead atoms. The number of anilines is 1. The Bertz CT molecular complexity index is 849. The van der Waals surface area contributed by atoms with Crippen LogP contribution in [0.2, 0.25) is 0 Å². The van der Waals surface area contributed by atoms with Crippen LogP contribution in [0.4, 0.5) is 10.5 Å². The number of nitrogens with two attached hydrogens (primary N) is 1. The van der Waals surface area contributed by atoms with E-state index in [1.807, 2.05) is 0 Å². The van der Waals surface area contributed by atoms with Crippen molar-refractivity contribution in [1.82, 2.24) is 4.90 Å². The maximum atomic E-state index is 12.2. The SMILES string of the molecule is CC(C)(C)OC(=O)N(CC(=O)O)CC(=O)Nc1ccc(S(N)(=O)=O)cc1Br. The zero-order chi connectivity index (χ0) is 21.0. The Balaban J connectivity index is 2.90. The van der Waals surface area contributed by atoms with Crippen LogP contribution in [-0.4, -0.2) is 55.1 Å². The van der Waals surface area contributed by atoms with Gasteiger partial charge in [-0.1, -0.05) is 0 Å². The van der Waals surface area contributed by atoms with Gasteiger partial charge in [0.25, 0.3) is 0 Å². The van der Waals surface area contributed by atoms with Crippen LogP contribution in [0.5, 0.6) is 0 Å². The van der Waals surface area contributed by atoms with Crippen molar-refractivity contribution in [3.63, 3.8) is 0 Å². The third kappa shape index (κ3) is 7.93. The molecular weight excluding hydrogens is 446 g/mol. The average molecular weight is 466 g/mol. The van der Waals surface area contributed by atoms with Gasteiger partial charge in [0, 0.05) is 4.47 Å². The second-order valence-corrected chi connectivity index (χ2v) is 8.88. The van der Waals surface area contributed by atoms with E-state index in [1.165, 1.54) is 18.2 Å². The normalized spacial score (nSPS) is 11.6. The molecule has 0 aromatic heterocycles. The molecule has 0 saturated heterocycles. The number of halogens is 1. The number of nitrogens with one attached hydrogen (secondary N) is 1. The minimum atomic E-state index is -3.91. The van der Waals surface area contributed by atoms with Gasteiger partial charge in [-0.15, -0.1) is 0 Å². The van der Waals surface area contributed by atoms with Crippen molar-refractivity contribution in [2.24, 2.45) is 5.14 Å². The second-order valence-electron chi connectivity index (χ2n) is 6.46. The topological polar surface area (TPSA) is 156 Å². The third-order valence-corrected chi connectivity index (χ3v) is 4.42. The zero-order valence-corrected chi connectivity index (χ0v) is 17.3. The minimum Gasteiger partial charge on any atom is -0.480 e. The molecule has 0 radical (unpaired) electrons. The van der Waals surface area contributed by atoms with Crippen molar-refractivity contribution in [1.29, 1.82) is 0 Å². The number of ether oxygens (including phenoxy) is 1. The minimum absolute atomic E-state index is 0.159. The summed E-state index contributed by atoms with van der Waals surface area (Å²) in [5, 5.41) is 16.4. The van der Waals surface area contributed by atoms with Gasteiger partial charge in [-0.3, -0.25) is 14.5 Å². The Hall–Kier alpha value is -2.18. The fraction of sp³-hybridized carbons (Fsp3) is 0.400. The molecule has 0 saturated carbocycles. The molecule has 0 fully saturated rings. The molecule has 0 spiro atoms. The van der Waals surface area contributed by atoms with Crippen LogP contribution < -0.4 is 10.5 Å². The summed E-state index contributed by atoms with van der Waals surface area (Å²) in [5.74, 6) is -2.02. The summed E-state index contributed by atoms with van der Waals surface area (Å²) in [7, 11) is -3.91. The standard InChI is InChI=1S/C15H20BrN3O7S/c1-15(2,3)26-14(23)19(8-13(21)22)7-12(20)18-11-5-4-9(6-10(11)16)27(17,24)25/h4-6H,7-8H2,1-3H3,(H,18,20)(H,21,22)(H2,17,24,25). The number of benzene rings is 1. The van der Waals surface area contributed by atoms with Crippen molar-refractivity contribution < 1.29 is 32.6 Å². The van der Waals surface area contributed by atoms with E-state index in [2.05, 4.69) is 21.2 Å². The van der Waals surface area contributed by atoms with E-state index in [4.69, 9.17) is 15.0 Å². The number of rotatable bonds is 6. The summed E-state index contributed by atoms with van der Waals surface area (Å²) < 4.78 is 27.9. The van der Waals surface area contributed by atoms with Crippen LogP contribution in [0, 0.1) is 0 Å². The average Bonchev–Trinajstić information content (AvgIpc) is 2.45. The monoisotopic (exact) mass is 465 g/mol. The van der Waals surface area contributed by atoms with Crippen LogP contribution in [0.15, 0.2) is 27.6 Å². The molecule has 12 heteroatoms. The first-order chi connectivity index (χ1) is 12.2. The van der Waals surface area contributed by atoms with Crippen molar-refractivity contribution in [3.8, 4) is 0 Å². The van der Waals surface area contributed by atoms with Gasteiger partial charge >= 0.3 is 12.1 Å². The number of aliphatic carboxylic acids is 1. The molecule has 0 aliphatic rings. The first-order valence-electron chi connectivity index (χ1n) is 7.51. The lowest BCUT2D eigenvalue weighted by atomic mass is 10.2. The summed E-state index contributed by atoms with van der Waals surface area (Å²) in [6.45, 7) is 3.51. The lowest BCUT2D eigenvalue weighted by Crippen LogP contribution is -2.43. The fourth-order valence-corrected chi connectivity index (χ4v) is 2.98. The van der Waals surface area contributed by atoms with E-state index in [9.17, 15) is 22.8 Å². The van der Waals surface area contributed by atoms with E-state index in [0.29, 0.717) is 0 Å². The maximum Gasteiger partial charge on any atom is 0.411 e. The van der Waals surface area contributed by atoms with E-state index in [1.54, 1.807) is 20.8 Å². The molecule has 150 valence electrons. The Morgan fingerprint density at radius 2 is 1.85 bits per heavy atom. The zero-order valence-electron chi connectivity index (χ0n) is 14.9. The summed E-state index contributed by atoms with van der Waals surface area (Å²) >= 11 is 3.11. The number of carbonyl (C=O) groups is 3. The van der Waals surface area contributed by atoms with Gasteiger partial charge in [-0.2, -0.15) is 0 Å². The van der Waals surface area contributed by atoms with Crippen LogP contribution in [0.3, 0.4) is 0 Å². The highest BCUT2D eigenvalue weighted by molar-refractivity contribution is 9.10. The number of primary sulfonamides is 1. The summed E-state index contributed by atoms with van der Waals surface area (Å²) in [6.07, 6.45) is -0.955. The van der Waals surface area contributed by atoms with Crippen LogP contribution in [0.25, 0.3) is 0 Å². The summed E-state index contributed by atoms with van der Waals surface area (Å²) in [6, 6.07) is 3.70. The van der Waals surface area contributed by atoms with E-state index in [0.717, 1.165) is 4.90 Å². The number of hydrogen-bond acceptors (Lipinski definition) is 6. The Morgan fingerprint density at radius 1 is 1.26 bits per heavy atom. The maximum absolute atomic E-state index is 12.2. The third-order valence-electron chi connectivity index (χ3n) is 2.86. The van der Waals surface area contributed by atoms with Crippen molar-refractivity contribution in [2.45, 2.75) is 31.3 Å². The number of carboxylic acids is 1. The lowest BCUT2D eigenvalue weighted by Gasteiger charge is -2.26. The van der Waals surface area contributed by atoms with Crippen LogP contribution in [0.1, 0.15) is 20.8 Å². The van der Waals surface area contributed by atoms with Crippen LogP contribution in [-0.2, 0) is 24.3 Å². The summed E-state index contributed by atoms with van der Waals surface area (Å²) in [5.41, 5.74) is -0.650. The molecule has 1 aromatic carbocycles. The quantitative estimate of drug-likeness (QED) is 0.571. The van der Waals surface area contributed by atoms with Gasteiger partial charge in [-0.05, 0) is 54.9 Å². The molecule has 27 heavy (non-hydrogen) atoms. The van der Waals surface area contributed by atoms with Gasteiger partial charge in [0.1, 0.15) is 18.7 Å². The molecule has 4 N–H and O–H groups in total. The number of amides is 2. The second kappa shape index (κ2) is 8.67.